The van der Waals surface area contributed by atoms with E-state index < -0.39 is 0 Å². The van der Waals surface area contributed by atoms with E-state index in [1.165, 1.54) is 23.2 Å². The van der Waals surface area contributed by atoms with Gasteiger partial charge in [0, 0.05) is 39.8 Å². The number of aromatic nitrogens is 2. The fourth-order valence-electron chi connectivity index (χ4n) is 3.49. The zero-order valence-corrected chi connectivity index (χ0v) is 14.5. The summed E-state index contributed by atoms with van der Waals surface area (Å²) < 4.78 is 15.2. The number of aryl methyl sites for hydroxylation is 1. The minimum Gasteiger partial charge on any atom is -0.330 e. The smallest absolute Gasteiger partial charge is 0.123 e. The molecule has 0 aliphatic carbocycles. The first kappa shape index (κ1) is 16.2. The normalized spacial score (nSPS) is 16.6. The molecule has 2 aromatic carbocycles. The second-order valence-corrected chi connectivity index (χ2v) is 6.75. The lowest BCUT2D eigenvalue weighted by molar-refractivity contribution is 0.119. The summed E-state index contributed by atoms with van der Waals surface area (Å²) in [6.07, 6.45) is 0. The fraction of sp³-hybridized carbons (Fsp3) is 0.350. The second kappa shape index (κ2) is 6.94. The number of rotatable bonds is 4. The maximum Gasteiger partial charge on any atom is 0.123 e. The van der Waals surface area contributed by atoms with Gasteiger partial charge < -0.3 is 4.57 Å². The molecule has 0 spiro atoms. The molecule has 2 heterocycles. The first-order chi connectivity index (χ1) is 12.2. The minimum atomic E-state index is -0.170. The molecule has 25 heavy (non-hydrogen) atoms. The van der Waals surface area contributed by atoms with E-state index in [2.05, 4.69) is 39.6 Å². The monoisotopic (exact) mass is 338 g/mol. The molecular weight excluding hydrogens is 315 g/mol. The lowest BCUT2D eigenvalue weighted by atomic mass is 10.2. The lowest BCUT2D eigenvalue weighted by Crippen LogP contribution is -2.45. The number of para-hydroxylation sites is 2. The van der Waals surface area contributed by atoms with Crippen LogP contribution in [0.25, 0.3) is 11.0 Å². The van der Waals surface area contributed by atoms with Crippen LogP contribution in [0.15, 0.2) is 48.5 Å². The molecular formula is C20H23FN4. The van der Waals surface area contributed by atoms with Gasteiger partial charge in [-0.25, -0.2) is 9.37 Å². The number of nitrogens with zero attached hydrogens (tertiary/aromatic N) is 4. The third-order valence-corrected chi connectivity index (χ3v) is 5.03. The van der Waals surface area contributed by atoms with Gasteiger partial charge in [0.2, 0.25) is 0 Å². The van der Waals surface area contributed by atoms with Crippen LogP contribution in [0.2, 0.25) is 0 Å². The highest BCUT2D eigenvalue weighted by atomic mass is 19.1. The second-order valence-electron chi connectivity index (χ2n) is 6.75. The van der Waals surface area contributed by atoms with Crippen molar-refractivity contribution >= 4 is 11.0 Å². The van der Waals surface area contributed by atoms with Crippen molar-refractivity contribution in [2.24, 2.45) is 7.05 Å². The van der Waals surface area contributed by atoms with E-state index in [1.807, 2.05) is 18.2 Å². The Balaban J connectivity index is 1.35. The number of halogens is 1. The van der Waals surface area contributed by atoms with E-state index in [9.17, 15) is 4.39 Å². The highest BCUT2D eigenvalue weighted by Crippen LogP contribution is 2.17. The van der Waals surface area contributed by atoms with Crippen LogP contribution in [-0.2, 0) is 20.1 Å². The topological polar surface area (TPSA) is 24.3 Å². The Morgan fingerprint density at radius 2 is 1.52 bits per heavy atom. The molecule has 0 bridgehead atoms. The summed E-state index contributed by atoms with van der Waals surface area (Å²) >= 11 is 0. The molecule has 1 saturated heterocycles. The van der Waals surface area contributed by atoms with Crippen molar-refractivity contribution in [2.45, 2.75) is 13.1 Å². The molecule has 0 saturated carbocycles. The van der Waals surface area contributed by atoms with Gasteiger partial charge in [-0.05, 0) is 29.8 Å². The Kier molecular flexibility index (Phi) is 4.51. The molecule has 1 fully saturated rings. The van der Waals surface area contributed by atoms with Crippen molar-refractivity contribution in [3.05, 3.63) is 65.7 Å². The van der Waals surface area contributed by atoms with Crippen LogP contribution in [0.4, 0.5) is 4.39 Å². The molecule has 4 nitrogen and oxygen atoms in total. The molecule has 0 unspecified atom stereocenters. The third kappa shape index (κ3) is 3.57. The minimum absolute atomic E-state index is 0.170. The number of hydrogen-bond donors (Lipinski definition) is 0. The molecule has 1 aliphatic rings. The average molecular weight is 338 g/mol. The van der Waals surface area contributed by atoms with Crippen LogP contribution in [0, 0.1) is 5.82 Å². The third-order valence-electron chi connectivity index (χ3n) is 5.03. The summed E-state index contributed by atoms with van der Waals surface area (Å²) in [7, 11) is 2.09. The summed E-state index contributed by atoms with van der Waals surface area (Å²) in [5.74, 6) is 0.948. The SMILES string of the molecule is Cn1c(CN2CCN(Cc3ccc(F)cc3)CC2)nc2ccccc21. The molecule has 4 rings (SSSR count). The summed E-state index contributed by atoms with van der Waals surface area (Å²) in [4.78, 5) is 9.66. The molecule has 130 valence electrons. The van der Waals surface area contributed by atoms with E-state index >= 15 is 0 Å². The zero-order chi connectivity index (χ0) is 17.2. The highest BCUT2D eigenvalue weighted by Gasteiger charge is 2.19. The van der Waals surface area contributed by atoms with Crippen LogP contribution in [0.1, 0.15) is 11.4 Å². The van der Waals surface area contributed by atoms with Crippen molar-refractivity contribution in [1.29, 1.82) is 0 Å². The van der Waals surface area contributed by atoms with Gasteiger partial charge in [0.15, 0.2) is 0 Å². The van der Waals surface area contributed by atoms with Crippen molar-refractivity contribution in [2.75, 3.05) is 26.2 Å². The predicted octanol–water partition coefficient (Wildman–Crippen LogP) is 3.03. The molecule has 3 aromatic rings. The molecule has 0 atom stereocenters. The van der Waals surface area contributed by atoms with Gasteiger partial charge in [-0.1, -0.05) is 24.3 Å². The Labute approximate surface area is 147 Å². The van der Waals surface area contributed by atoms with Crippen LogP contribution < -0.4 is 0 Å². The number of hydrogen-bond acceptors (Lipinski definition) is 3. The number of piperazine rings is 1. The molecule has 1 aliphatic heterocycles. The van der Waals surface area contributed by atoms with Gasteiger partial charge >= 0.3 is 0 Å². The highest BCUT2D eigenvalue weighted by molar-refractivity contribution is 5.75. The molecule has 0 amide bonds. The van der Waals surface area contributed by atoms with Gasteiger partial charge in [0.25, 0.3) is 0 Å². The van der Waals surface area contributed by atoms with Crippen LogP contribution in [-0.4, -0.2) is 45.5 Å². The van der Waals surface area contributed by atoms with E-state index in [0.717, 1.165) is 50.6 Å². The van der Waals surface area contributed by atoms with Gasteiger partial charge in [0.05, 0.1) is 17.6 Å². The van der Waals surface area contributed by atoms with Crippen LogP contribution >= 0.6 is 0 Å². The predicted molar refractivity (Wildman–Crippen MR) is 97.7 cm³/mol. The van der Waals surface area contributed by atoms with E-state index in [0.29, 0.717) is 0 Å². The van der Waals surface area contributed by atoms with Gasteiger partial charge in [-0.2, -0.15) is 0 Å². The van der Waals surface area contributed by atoms with E-state index in [1.54, 1.807) is 0 Å². The molecule has 5 heteroatoms. The standard InChI is InChI=1S/C20H23FN4/c1-23-19-5-3-2-4-18(19)22-20(23)15-25-12-10-24(11-13-25)14-16-6-8-17(21)9-7-16/h2-9H,10-15H2,1H3. The van der Waals surface area contributed by atoms with E-state index in [-0.39, 0.29) is 5.82 Å². The van der Waals surface area contributed by atoms with Gasteiger partial charge in [-0.3, -0.25) is 9.80 Å². The quantitative estimate of drug-likeness (QED) is 0.731. The van der Waals surface area contributed by atoms with Gasteiger partial charge in [-0.15, -0.1) is 0 Å². The van der Waals surface area contributed by atoms with Crippen molar-refractivity contribution in [1.82, 2.24) is 19.4 Å². The Bertz CT molecular complexity index is 848. The first-order valence-electron chi connectivity index (χ1n) is 8.78. The summed E-state index contributed by atoms with van der Waals surface area (Å²) in [5.41, 5.74) is 3.42. The Morgan fingerprint density at radius 3 is 2.20 bits per heavy atom. The number of fused-ring (bicyclic) bond motifs is 1. The van der Waals surface area contributed by atoms with Crippen molar-refractivity contribution in [3.8, 4) is 0 Å². The summed E-state index contributed by atoms with van der Waals surface area (Å²) in [5, 5.41) is 0. The summed E-state index contributed by atoms with van der Waals surface area (Å²) in [6.45, 7) is 5.90. The molecule has 0 N–H and O–H groups in total. The first-order valence-corrected chi connectivity index (χ1v) is 8.78. The van der Waals surface area contributed by atoms with Gasteiger partial charge in [0.1, 0.15) is 11.6 Å². The zero-order valence-electron chi connectivity index (χ0n) is 14.5. The lowest BCUT2D eigenvalue weighted by Gasteiger charge is -2.34. The van der Waals surface area contributed by atoms with Crippen LogP contribution in [0.3, 0.4) is 0 Å². The average Bonchev–Trinajstić information content (AvgIpc) is 2.95. The Hall–Kier alpha value is -2.24. The number of imidazole rings is 1. The maximum absolute atomic E-state index is 13.0. The number of benzene rings is 2. The summed E-state index contributed by atoms with van der Waals surface area (Å²) in [6, 6.07) is 15.1. The maximum atomic E-state index is 13.0. The molecule has 1 aromatic heterocycles. The molecule has 0 radical (unpaired) electrons. The van der Waals surface area contributed by atoms with Crippen LogP contribution in [0.5, 0.6) is 0 Å². The fourth-order valence-corrected chi connectivity index (χ4v) is 3.49. The van der Waals surface area contributed by atoms with E-state index in [4.69, 9.17) is 4.98 Å². The largest absolute Gasteiger partial charge is 0.330 e. The van der Waals surface area contributed by atoms with Crippen molar-refractivity contribution < 1.29 is 4.39 Å². The Morgan fingerprint density at radius 1 is 0.880 bits per heavy atom. The van der Waals surface area contributed by atoms with Crippen molar-refractivity contribution in [3.63, 3.8) is 0 Å².